The predicted octanol–water partition coefficient (Wildman–Crippen LogP) is 5.42. The monoisotopic (exact) mass is 423 g/mol. The summed E-state index contributed by atoms with van der Waals surface area (Å²) in [4.78, 5) is 12.1. The number of hydrogen-bond acceptors (Lipinski definition) is 4. The number of hydrogen-bond donors (Lipinski definition) is 0. The molecule has 4 nitrogen and oxygen atoms in total. The van der Waals surface area contributed by atoms with Crippen molar-refractivity contribution in [2.75, 3.05) is 6.61 Å². The Kier molecular flexibility index (Phi) is 5.38. The molecule has 1 heterocycles. The Hall–Kier alpha value is -3.79. The van der Waals surface area contributed by atoms with Crippen molar-refractivity contribution in [1.29, 1.82) is 5.26 Å². The zero-order valence-electron chi connectivity index (χ0n) is 16.4. The van der Waals surface area contributed by atoms with Gasteiger partial charge in [-0.25, -0.2) is 13.2 Å². The summed E-state index contributed by atoms with van der Waals surface area (Å²) in [7, 11) is 0. The van der Waals surface area contributed by atoms with Gasteiger partial charge in [0.1, 0.15) is 11.9 Å². The highest BCUT2D eigenvalue weighted by Gasteiger charge is 2.28. The quantitative estimate of drug-likeness (QED) is 0.563. The van der Waals surface area contributed by atoms with Crippen LogP contribution in [0.1, 0.15) is 45.1 Å². The van der Waals surface area contributed by atoms with E-state index in [2.05, 4.69) is 0 Å². The zero-order chi connectivity index (χ0) is 22.1. The molecule has 0 amide bonds. The minimum Gasteiger partial charge on any atom is -0.492 e. The van der Waals surface area contributed by atoms with Crippen LogP contribution in [0, 0.1) is 35.7 Å². The van der Waals surface area contributed by atoms with E-state index < -0.39 is 23.6 Å². The summed E-state index contributed by atoms with van der Waals surface area (Å²) < 4.78 is 53.9. The van der Waals surface area contributed by atoms with E-state index in [1.54, 1.807) is 31.2 Å². The molecule has 1 aliphatic heterocycles. The lowest BCUT2D eigenvalue weighted by molar-refractivity contribution is 0.0931. The number of fused-ring (bicyclic) bond motifs is 1. The maximum absolute atomic E-state index is 15.0. The van der Waals surface area contributed by atoms with Crippen LogP contribution in [0.5, 0.6) is 11.5 Å². The molecule has 0 bridgehead atoms. The van der Waals surface area contributed by atoms with E-state index in [4.69, 9.17) is 14.7 Å². The van der Waals surface area contributed by atoms with Crippen molar-refractivity contribution in [3.05, 3.63) is 93.8 Å². The van der Waals surface area contributed by atoms with E-state index in [1.165, 1.54) is 6.07 Å². The minimum atomic E-state index is -1.07. The van der Waals surface area contributed by atoms with Gasteiger partial charge in [-0.2, -0.15) is 5.26 Å². The second-order valence-electron chi connectivity index (χ2n) is 7.12. The molecule has 3 aromatic rings. The number of benzene rings is 3. The van der Waals surface area contributed by atoms with Crippen LogP contribution >= 0.6 is 0 Å². The van der Waals surface area contributed by atoms with E-state index in [0.717, 1.165) is 18.2 Å². The van der Waals surface area contributed by atoms with Gasteiger partial charge in [-0.1, -0.05) is 18.2 Å². The average molecular weight is 423 g/mol. The zero-order valence-corrected chi connectivity index (χ0v) is 16.4. The van der Waals surface area contributed by atoms with E-state index >= 15 is 0 Å². The van der Waals surface area contributed by atoms with E-state index in [9.17, 15) is 18.0 Å². The van der Waals surface area contributed by atoms with Crippen molar-refractivity contribution < 1.29 is 27.4 Å². The summed E-state index contributed by atoms with van der Waals surface area (Å²) in [6, 6.07) is 12.6. The predicted molar refractivity (Wildman–Crippen MR) is 106 cm³/mol. The lowest BCUT2D eigenvalue weighted by Crippen LogP contribution is -2.18. The third-order valence-electron chi connectivity index (χ3n) is 5.11. The number of carbonyl (C=O) groups excluding carboxylic acids is 1. The smallest absolute Gasteiger partial charge is 0.170 e. The molecule has 1 unspecified atom stereocenters. The number of nitriles is 1. The standard InChI is InChI=1S/C24H16F3NO3/c1-13-22-17(21(29)8-9-30-22)11-20(27)23(13)31-24(15-4-2-14(12-28)3-5-15)16-6-7-18(25)19(26)10-16/h2-7,10-11,24H,8-9H2,1H3. The van der Waals surface area contributed by atoms with Crippen LogP contribution in [0.3, 0.4) is 0 Å². The van der Waals surface area contributed by atoms with Gasteiger partial charge in [-0.05, 0) is 48.4 Å². The lowest BCUT2D eigenvalue weighted by Gasteiger charge is -2.25. The van der Waals surface area contributed by atoms with Gasteiger partial charge in [-0.3, -0.25) is 4.79 Å². The Bertz CT molecular complexity index is 1220. The molecule has 0 aliphatic carbocycles. The molecule has 0 N–H and O–H groups in total. The molecular formula is C24H16F3NO3. The molecule has 156 valence electrons. The Morgan fingerprint density at radius 2 is 1.71 bits per heavy atom. The second kappa shape index (κ2) is 8.15. The number of carbonyl (C=O) groups is 1. The normalized spacial score (nSPS) is 13.7. The van der Waals surface area contributed by atoms with Crippen molar-refractivity contribution in [1.82, 2.24) is 0 Å². The fraction of sp³-hybridized carbons (Fsp3) is 0.167. The molecule has 0 aromatic heterocycles. The summed E-state index contributed by atoms with van der Waals surface area (Å²) in [6.45, 7) is 1.75. The third-order valence-corrected chi connectivity index (χ3v) is 5.11. The van der Waals surface area contributed by atoms with E-state index in [0.29, 0.717) is 16.7 Å². The molecule has 0 saturated heterocycles. The average Bonchev–Trinajstić information content (AvgIpc) is 2.77. The topological polar surface area (TPSA) is 59.3 Å². The van der Waals surface area contributed by atoms with Gasteiger partial charge in [0.05, 0.1) is 23.8 Å². The van der Waals surface area contributed by atoms with Crippen molar-refractivity contribution >= 4 is 5.78 Å². The van der Waals surface area contributed by atoms with Crippen molar-refractivity contribution in [2.45, 2.75) is 19.4 Å². The first-order chi connectivity index (χ1) is 14.9. The molecule has 3 aromatic carbocycles. The van der Waals surface area contributed by atoms with Crippen LogP contribution in [0.2, 0.25) is 0 Å². The molecule has 1 aliphatic rings. The highest BCUT2D eigenvalue weighted by molar-refractivity contribution is 6.00. The lowest BCUT2D eigenvalue weighted by atomic mass is 9.98. The van der Waals surface area contributed by atoms with Crippen LogP contribution in [0.25, 0.3) is 0 Å². The summed E-state index contributed by atoms with van der Waals surface area (Å²) in [5.41, 5.74) is 1.59. The van der Waals surface area contributed by atoms with Gasteiger partial charge < -0.3 is 9.47 Å². The fourth-order valence-corrected chi connectivity index (χ4v) is 3.51. The summed E-state index contributed by atoms with van der Waals surface area (Å²) >= 11 is 0. The SMILES string of the molecule is Cc1c(OC(c2ccc(C#N)cc2)c2ccc(F)c(F)c2)c(F)cc2c1OCCC2=O. The first-order valence-corrected chi connectivity index (χ1v) is 9.49. The minimum absolute atomic E-state index is 0.149. The molecule has 7 heteroatoms. The van der Waals surface area contributed by atoms with E-state index in [1.807, 2.05) is 6.07 Å². The van der Waals surface area contributed by atoms with Gasteiger partial charge in [0.15, 0.2) is 29.0 Å². The van der Waals surface area contributed by atoms with Crippen LogP contribution in [0.15, 0.2) is 48.5 Å². The molecule has 0 spiro atoms. The molecule has 1 atom stereocenters. The highest BCUT2D eigenvalue weighted by atomic mass is 19.2. The van der Waals surface area contributed by atoms with Crippen molar-refractivity contribution in [3.8, 4) is 17.6 Å². The number of nitrogens with zero attached hydrogens (tertiary/aromatic N) is 1. The maximum atomic E-state index is 15.0. The second-order valence-corrected chi connectivity index (χ2v) is 7.12. The number of rotatable bonds is 4. The number of Topliss-reactive ketones (excluding diaryl/α,β-unsaturated/α-hetero) is 1. The first kappa shape index (κ1) is 20.5. The van der Waals surface area contributed by atoms with Crippen LogP contribution in [-0.4, -0.2) is 12.4 Å². The molecule has 31 heavy (non-hydrogen) atoms. The summed E-state index contributed by atoms with van der Waals surface area (Å²) in [5, 5.41) is 9.03. The van der Waals surface area contributed by atoms with Gasteiger partial charge in [0.25, 0.3) is 0 Å². The largest absolute Gasteiger partial charge is 0.492 e. The van der Waals surface area contributed by atoms with Gasteiger partial charge in [0, 0.05) is 12.0 Å². The molecule has 4 rings (SSSR count). The van der Waals surface area contributed by atoms with Crippen molar-refractivity contribution in [3.63, 3.8) is 0 Å². The van der Waals surface area contributed by atoms with Crippen LogP contribution in [-0.2, 0) is 0 Å². The first-order valence-electron chi connectivity index (χ1n) is 9.49. The van der Waals surface area contributed by atoms with Gasteiger partial charge in [-0.15, -0.1) is 0 Å². The molecular weight excluding hydrogens is 407 g/mol. The Morgan fingerprint density at radius 3 is 2.39 bits per heavy atom. The van der Waals surface area contributed by atoms with Crippen LogP contribution < -0.4 is 9.47 Å². The van der Waals surface area contributed by atoms with E-state index in [-0.39, 0.29) is 41.4 Å². The number of ketones is 1. The molecule has 0 fully saturated rings. The maximum Gasteiger partial charge on any atom is 0.170 e. The molecule has 0 saturated carbocycles. The summed E-state index contributed by atoms with van der Waals surface area (Å²) in [6.07, 6.45) is -0.845. The van der Waals surface area contributed by atoms with Gasteiger partial charge >= 0.3 is 0 Å². The Balaban J connectivity index is 1.82. The van der Waals surface area contributed by atoms with Crippen molar-refractivity contribution in [2.24, 2.45) is 0 Å². The highest BCUT2D eigenvalue weighted by Crippen LogP contribution is 2.40. The van der Waals surface area contributed by atoms with Gasteiger partial charge in [0.2, 0.25) is 0 Å². The Labute approximate surface area is 176 Å². The number of ether oxygens (including phenoxy) is 2. The summed E-state index contributed by atoms with van der Waals surface area (Å²) in [5.74, 6) is -3.00. The number of halogens is 3. The fourth-order valence-electron chi connectivity index (χ4n) is 3.51. The van der Waals surface area contributed by atoms with Crippen LogP contribution in [0.4, 0.5) is 13.2 Å². The molecule has 0 radical (unpaired) electrons. The Morgan fingerprint density at radius 1 is 1.00 bits per heavy atom. The third kappa shape index (κ3) is 3.84.